The van der Waals surface area contributed by atoms with Crippen molar-refractivity contribution in [3.8, 4) is 5.75 Å². The number of nitrogens with zero attached hydrogens (tertiary/aromatic N) is 1. The van der Waals surface area contributed by atoms with Crippen molar-refractivity contribution in [1.29, 1.82) is 0 Å². The summed E-state index contributed by atoms with van der Waals surface area (Å²) in [7, 11) is 1.28. The maximum atomic E-state index is 16.1. The number of carbonyl (C=O) groups excluding carboxylic acids is 2. The van der Waals surface area contributed by atoms with Crippen molar-refractivity contribution in [1.82, 2.24) is 4.90 Å². The molecule has 11 heteroatoms. The highest BCUT2D eigenvalue weighted by Gasteiger charge is 2.53. The van der Waals surface area contributed by atoms with E-state index in [1.54, 1.807) is 65.0 Å². The van der Waals surface area contributed by atoms with E-state index in [4.69, 9.17) is 14.5 Å². The number of ether oxygens (including phenoxy) is 2. The zero-order valence-corrected chi connectivity index (χ0v) is 24.0. The summed E-state index contributed by atoms with van der Waals surface area (Å²) in [6, 6.07) is 12.2. The van der Waals surface area contributed by atoms with E-state index in [1.165, 1.54) is 33.0 Å². The fourth-order valence-electron chi connectivity index (χ4n) is 4.64. The van der Waals surface area contributed by atoms with Crippen LogP contribution in [0.2, 0.25) is 0 Å². The van der Waals surface area contributed by atoms with Gasteiger partial charge in [-0.05, 0) is 63.3 Å². The van der Waals surface area contributed by atoms with Crippen LogP contribution in [0.4, 0.5) is 22.4 Å². The molecule has 0 aliphatic carbocycles. The lowest BCUT2D eigenvalue weighted by atomic mass is 9.64. The predicted molar refractivity (Wildman–Crippen MR) is 140 cm³/mol. The average Bonchev–Trinajstić information content (AvgIpc) is 2.80. The molecule has 0 aromatic heterocycles. The zero-order chi connectivity index (χ0) is 30.5. The minimum absolute atomic E-state index is 0.0941. The van der Waals surface area contributed by atoms with Gasteiger partial charge in [0.2, 0.25) is 0 Å². The van der Waals surface area contributed by atoms with Gasteiger partial charge in [0, 0.05) is 13.0 Å². The number of alkyl halides is 4. The molecule has 2 atom stereocenters. The van der Waals surface area contributed by atoms with Crippen molar-refractivity contribution >= 4 is 12.1 Å². The van der Waals surface area contributed by atoms with Gasteiger partial charge in [-0.3, -0.25) is 9.79 Å². The quantitative estimate of drug-likeness (QED) is 0.172. The van der Waals surface area contributed by atoms with Crippen LogP contribution in [0, 0.1) is 5.92 Å². The van der Waals surface area contributed by atoms with Crippen LogP contribution in [0.25, 0.3) is 0 Å². The molecule has 0 fully saturated rings. The number of rotatable bonds is 10. The Morgan fingerprint density at radius 1 is 0.850 bits per heavy atom. The molecule has 1 unspecified atom stereocenters. The van der Waals surface area contributed by atoms with Gasteiger partial charge in [0.25, 0.3) is 0 Å². The van der Waals surface area contributed by atoms with Gasteiger partial charge in [-0.15, -0.1) is 13.2 Å². The summed E-state index contributed by atoms with van der Waals surface area (Å²) in [5, 5.41) is 0. The Hall–Kier alpha value is -3.34. The van der Waals surface area contributed by atoms with E-state index in [2.05, 4.69) is 4.74 Å². The second-order valence-corrected chi connectivity index (χ2v) is 11.5. The summed E-state index contributed by atoms with van der Waals surface area (Å²) in [5.41, 5.74) is -3.19. The van der Waals surface area contributed by atoms with E-state index in [0.29, 0.717) is 11.1 Å². The summed E-state index contributed by atoms with van der Waals surface area (Å²) in [6.45, 7) is 10.5. The molecule has 7 nitrogen and oxygen atoms in total. The standard InChI is InChI=1S/C29H37F4NO6/c1-26(2,3)39-25(36)34(8)22(24(35)40-37-18-19-12-10-9-11-13-19)23(28(6,7)30)27(4,5)20-14-16-21(17-15-20)38-29(31,32)33/h9-17,22-23H,18H2,1-8H3/t22-,23?/m0/s1. The Balaban J connectivity index is 2.49. The smallest absolute Gasteiger partial charge is 0.444 e. The number of carbonyl (C=O) groups is 2. The molecule has 0 aliphatic heterocycles. The lowest BCUT2D eigenvalue weighted by Gasteiger charge is -2.46. The number of likely N-dealkylation sites (N-methyl/N-ethyl adjacent to an activating group) is 1. The van der Waals surface area contributed by atoms with Gasteiger partial charge in [-0.2, -0.15) is 4.89 Å². The second-order valence-electron chi connectivity index (χ2n) is 11.5. The van der Waals surface area contributed by atoms with E-state index >= 15 is 4.39 Å². The Morgan fingerprint density at radius 2 is 1.40 bits per heavy atom. The SMILES string of the molecule is CN(C(=O)OC(C)(C)C)[C@H](C(=O)OOCc1ccccc1)C(C(C)(C)F)C(C)(C)c1ccc(OC(F)(F)F)cc1. The summed E-state index contributed by atoms with van der Waals surface area (Å²) >= 11 is 0. The van der Waals surface area contributed by atoms with Crippen molar-refractivity contribution in [2.45, 2.75) is 84.2 Å². The molecule has 0 bridgehead atoms. The fraction of sp³-hybridized carbons (Fsp3) is 0.517. The van der Waals surface area contributed by atoms with Crippen molar-refractivity contribution in [3.63, 3.8) is 0 Å². The third-order valence-electron chi connectivity index (χ3n) is 6.21. The number of amides is 1. The highest BCUT2D eigenvalue weighted by atomic mass is 19.4. The lowest BCUT2D eigenvalue weighted by molar-refractivity contribution is -0.286. The number of hydrogen-bond acceptors (Lipinski definition) is 6. The molecule has 0 saturated heterocycles. The van der Waals surface area contributed by atoms with Crippen molar-refractivity contribution in [2.24, 2.45) is 5.92 Å². The molecule has 40 heavy (non-hydrogen) atoms. The highest BCUT2D eigenvalue weighted by molar-refractivity contribution is 5.82. The molecule has 2 aromatic carbocycles. The van der Waals surface area contributed by atoms with Crippen LogP contribution in [-0.2, 0) is 31.3 Å². The van der Waals surface area contributed by atoms with Crippen LogP contribution in [-0.4, -0.2) is 47.7 Å². The minimum Gasteiger partial charge on any atom is -0.444 e. The largest absolute Gasteiger partial charge is 0.573 e. The molecule has 2 aromatic rings. The molecule has 0 N–H and O–H groups in total. The second kappa shape index (κ2) is 12.4. The Kier molecular flexibility index (Phi) is 10.2. The maximum absolute atomic E-state index is 16.1. The van der Waals surface area contributed by atoms with E-state index in [0.717, 1.165) is 17.0 Å². The third-order valence-corrected chi connectivity index (χ3v) is 6.21. The molecule has 0 spiro atoms. The van der Waals surface area contributed by atoms with Crippen LogP contribution >= 0.6 is 0 Å². The van der Waals surface area contributed by atoms with Gasteiger partial charge < -0.3 is 9.47 Å². The first-order valence-corrected chi connectivity index (χ1v) is 12.6. The Morgan fingerprint density at radius 3 is 1.88 bits per heavy atom. The van der Waals surface area contributed by atoms with E-state index in [1.807, 2.05) is 0 Å². The molecule has 222 valence electrons. The van der Waals surface area contributed by atoms with Crippen LogP contribution in [0.15, 0.2) is 54.6 Å². The molecule has 1 amide bonds. The lowest BCUT2D eigenvalue weighted by Crippen LogP contribution is -2.59. The summed E-state index contributed by atoms with van der Waals surface area (Å²) in [6.07, 6.45) is -5.79. The molecule has 0 radical (unpaired) electrons. The van der Waals surface area contributed by atoms with Crippen LogP contribution in [0.5, 0.6) is 5.75 Å². The molecule has 2 rings (SSSR count). The first kappa shape index (κ1) is 32.9. The normalized spacial score (nSPS) is 14.2. The predicted octanol–water partition coefficient (Wildman–Crippen LogP) is 7.14. The monoisotopic (exact) mass is 571 g/mol. The van der Waals surface area contributed by atoms with Gasteiger partial charge in [0.05, 0.1) is 0 Å². The molecule has 0 aliphatic rings. The molecular weight excluding hydrogens is 534 g/mol. The topological polar surface area (TPSA) is 74.3 Å². The maximum Gasteiger partial charge on any atom is 0.573 e. The summed E-state index contributed by atoms with van der Waals surface area (Å²) in [4.78, 5) is 37.8. The molecule has 0 heterocycles. The van der Waals surface area contributed by atoms with E-state index < -0.39 is 52.8 Å². The van der Waals surface area contributed by atoms with Crippen molar-refractivity contribution in [3.05, 3.63) is 65.7 Å². The summed E-state index contributed by atoms with van der Waals surface area (Å²) in [5.74, 6) is -2.80. The van der Waals surface area contributed by atoms with Gasteiger partial charge in [0.1, 0.15) is 29.7 Å². The van der Waals surface area contributed by atoms with E-state index in [-0.39, 0.29) is 6.61 Å². The Bertz CT molecular complexity index is 1120. The number of benzene rings is 2. The minimum atomic E-state index is -4.88. The van der Waals surface area contributed by atoms with Crippen LogP contribution in [0.3, 0.4) is 0 Å². The average molecular weight is 572 g/mol. The van der Waals surface area contributed by atoms with Crippen molar-refractivity contribution < 1.29 is 46.4 Å². The molecular formula is C29H37F4NO6. The van der Waals surface area contributed by atoms with Gasteiger partial charge in [-0.1, -0.05) is 56.3 Å². The Labute approximate surface area is 232 Å². The first-order chi connectivity index (χ1) is 18.2. The van der Waals surface area contributed by atoms with Gasteiger partial charge >= 0.3 is 18.4 Å². The number of hydrogen-bond donors (Lipinski definition) is 0. The van der Waals surface area contributed by atoms with Gasteiger partial charge in [0.15, 0.2) is 0 Å². The number of halogens is 4. The van der Waals surface area contributed by atoms with Crippen LogP contribution < -0.4 is 4.74 Å². The van der Waals surface area contributed by atoms with Crippen LogP contribution in [0.1, 0.15) is 59.6 Å². The highest BCUT2D eigenvalue weighted by Crippen LogP contribution is 2.44. The van der Waals surface area contributed by atoms with Crippen molar-refractivity contribution in [2.75, 3.05) is 7.05 Å². The fourth-order valence-corrected chi connectivity index (χ4v) is 4.64. The van der Waals surface area contributed by atoms with E-state index in [9.17, 15) is 22.8 Å². The third kappa shape index (κ3) is 9.39. The summed E-state index contributed by atoms with van der Waals surface area (Å²) < 4.78 is 63.5. The first-order valence-electron chi connectivity index (χ1n) is 12.6. The molecule has 0 saturated carbocycles. The van der Waals surface area contributed by atoms with Gasteiger partial charge in [-0.25, -0.2) is 14.0 Å². The zero-order valence-electron chi connectivity index (χ0n) is 24.0.